The number of carboxylic acid groups (broad SMARTS) is 1. The monoisotopic (exact) mass is 166 g/mol. The van der Waals surface area contributed by atoms with Crippen LogP contribution in [0.2, 0.25) is 0 Å². The van der Waals surface area contributed by atoms with E-state index in [0.717, 1.165) is 12.0 Å². The van der Waals surface area contributed by atoms with E-state index < -0.39 is 5.97 Å². The minimum absolute atomic E-state index is 0.114. The molecule has 0 spiro atoms. The zero-order chi connectivity index (χ0) is 9.56. The molecule has 0 rings (SSSR count). The van der Waals surface area contributed by atoms with E-state index in [9.17, 15) is 4.79 Å². The third-order valence-electron chi connectivity index (χ3n) is 1.55. The second-order valence-electron chi connectivity index (χ2n) is 2.38. The van der Waals surface area contributed by atoms with Gasteiger partial charge in [0.05, 0.1) is 5.57 Å². The third kappa shape index (κ3) is 3.76. The van der Waals surface area contributed by atoms with Crippen LogP contribution in [-0.2, 0) is 4.79 Å². The van der Waals surface area contributed by atoms with E-state index in [1.165, 1.54) is 6.08 Å². The maximum Gasteiger partial charge on any atom is 0.335 e. The molecule has 0 atom stereocenters. The normalized spacial score (nSPS) is 12.0. The maximum atomic E-state index is 10.3. The average Bonchev–Trinajstić information content (AvgIpc) is 2.05. The van der Waals surface area contributed by atoms with Gasteiger partial charge in [0.1, 0.15) is 0 Å². The first-order chi connectivity index (χ1) is 5.61. The molecule has 0 aliphatic carbocycles. The molecule has 66 valence electrons. The Morgan fingerprint density at radius 1 is 1.50 bits per heavy atom. The number of carbonyl (C=O) groups is 1. The maximum absolute atomic E-state index is 10.3. The van der Waals surface area contributed by atoms with Gasteiger partial charge in [0.25, 0.3) is 0 Å². The summed E-state index contributed by atoms with van der Waals surface area (Å²) in [5.41, 5.74) is 1.22. The zero-order valence-corrected chi connectivity index (χ0v) is 7.50. The van der Waals surface area contributed by atoms with Gasteiger partial charge in [-0.15, -0.1) is 0 Å². The van der Waals surface area contributed by atoms with Crippen molar-refractivity contribution in [2.75, 3.05) is 0 Å². The van der Waals surface area contributed by atoms with Gasteiger partial charge in [-0.3, -0.25) is 0 Å². The molecule has 0 amide bonds. The molecule has 0 aromatic carbocycles. The van der Waals surface area contributed by atoms with E-state index >= 15 is 0 Å². The summed E-state index contributed by atoms with van der Waals surface area (Å²) in [6.07, 6.45) is 6.14. The first kappa shape index (κ1) is 10.7. The summed E-state index contributed by atoms with van der Waals surface area (Å²) >= 11 is 0. The molecule has 2 heteroatoms. The largest absolute Gasteiger partial charge is 0.478 e. The van der Waals surface area contributed by atoms with Crippen molar-refractivity contribution in [1.29, 1.82) is 0 Å². The molecule has 0 saturated carbocycles. The van der Waals surface area contributed by atoms with Crippen molar-refractivity contribution in [3.05, 3.63) is 36.0 Å². The second-order valence-corrected chi connectivity index (χ2v) is 2.38. The van der Waals surface area contributed by atoms with Crippen LogP contribution in [0.15, 0.2) is 36.0 Å². The highest BCUT2D eigenvalue weighted by molar-refractivity contribution is 5.89. The SMILES string of the molecule is C=C(C=CC(=CC)CC)C(=O)O. The number of rotatable bonds is 4. The Morgan fingerprint density at radius 3 is 2.42 bits per heavy atom. The summed E-state index contributed by atoms with van der Waals surface area (Å²) in [5, 5.41) is 8.47. The third-order valence-corrected chi connectivity index (χ3v) is 1.55. The van der Waals surface area contributed by atoms with Crippen LogP contribution in [0, 0.1) is 0 Å². The van der Waals surface area contributed by atoms with Gasteiger partial charge in [0.15, 0.2) is 0 Å². The Balaban J connectivity index is 4.24. The van der Waals surface area contributed by atoms with Crippen molar-refractivity contribution in [3.63, 3.8) is 0 Å². The van der Waals surface area contributed by atoms with Crippen molar-refractivity contribution in [3.8, 4) is 0 Å². The predicted octanol–water partition coefficient (Wildman–Crippen LogP) is 2.54. The Kier molecular flexibility index (Phi) is 4.77. The van der Waals surface area contributed by atoms with E-state index in [0.29, 0.717) is 0 Å². The van der Waals surface area contributed by atoms with E-state index in [2.05, 4.69) is 6.58 Å². The summed E-state index contributed by atoms with van der Waals surface area (Å²) in [4.78, 5) is 10.3. The second kappa shape index (κ2) is 5.35. The van der Waals surface area contributed by atoms with Crippen LogP contribution in [0.3, 0.4) is 0 Å². The first-order valence-electron chi connectivity index (χ1n) is 3.87. The van der Waals surface area contributed by atoms with Crippen LogP contribution in [0.25, 0.3) is 0 Å². The molecule has 0 fully saturated rings. The van der Waals surface area contributed by atoms with Crippen LogP contribution >= 0.6 is 0 Å². The highest BCUT2D eigenvalue weighted by atomic mass is 16.4. The van der Waals surface area contributed by atoms with Gasteiger partial charge >= 0.3 is 5.97 Å². The lowest BCUT2D eigenvalue weighted by Gasteiger charge is -1.94. The van der Waals surface area contributed by atoms with Crippen molar-refractivity contribution < 1.29 is 9.90 Å². The molecule has 0 saturated heterocycles. The predicted molar refractivity (Wildman–Crippen MR) is 50.0 cm³/mol. The molecule has 0 radical (unpaired) electrons. The number of allylic oxidation sites excluding steroid dienone is 3. The molecule has 0 bridgehead atoms. The van der Waals surface area contributed by atoms with E-state index in [1.807, 2.05) is 19.9 Å². The van der Waals surface area contributed by atoms with Gasteiger partial charge in [-0.2, -0.15) is 0 Å². The molecular weight excluding hydrogens is 152 g/mol. The molecular formula is C10H14O2. The smallest absolute Gasteiger partial charge is 0.335 e. The van der Waals surface area contributed by atoms with Gasteiger partial charge in [0, 0.05) is 0 Å². The Morgan fingerprint density at radius 2 is 2.08 bits per heavy atom. The molecule has 0 unspecified atom stereocenters. The quantitative estimate of drug-likeness (QED) is 0.514. The van der Waals surface area contributed by atoms with E-state index in [4.69, 9.17) is 5.11 Å². The van der Waals surface area contributed by atoms with Gasteiger partial charge in [-0.05, 0) is 19.4 Å². The summed E-state index contributed by atoms with van der Waals surface area (Å²) < 4.78 is 0. The summed E-state index contributed by atoms with van der Waals surface area (Å²) in [6, 6.07) is 0. The average molecular weight is 166 g/mol. The van der Waals surface area contributed by atoms with Crippen molar-refractivity contribution in [2.45, 2.75) is 20.3 Å². The molecule has 0 heterocycles. The van der Waals surface area contributed by atoms with Crippen LogP contribution in [0.1, 0.15) is 20.3 Å². The molecule has 1 N–H and O–H groups in total. The molecule has 2 nitrogen and oxygen atoms in total. The lowest BCUT2D eigenvalue weighted by atomic mass is 10.1. The van der Waals surface area contributed by atoms with Crippen LogP contribution in [0.5, 0.6) is 0 Å². The van der Waals surface area contributed by atoms with Crippen LogP contribution < -0.4 is 0 Å². The minimum Gasteiger partial charge on any atom is -0.478 e. The van der Waals surface area contributed by atoms with Crippen molar-refractivity contribution in [2.24, 2.45) is 0 Å². The lowest BCUT2D eigenvalue weighted by molar-refractivity contribution is -0.132. The highest BCUT2D eigenvalue weighted by Crippen LogP contribution is 2.04. The van der Waals surface area contributed by atoms with Gasteiger partial charge in [-0.25, -0.2) is 4.79 Å². The zero-order valence-electron chi connectivity index (χ0n) is 7.50. The van der Waals surface area contributed by atoms with Crippen molar-refractivity contribution >= 4 is 5.97 Å². The fourth-order valence-corrected chi connectivity index (χ4v) is 0.697. The fourth-order valence-electron chi connectivity index (χ4n) is 0.697. The first-order valence-corrected chi connectivity index (χ1v) is 3.87. The van der Waals surface area contributed by atoms with E-state index in [1.54, 1.807) is 6.08 Å². The van der Waals surface area contributed by atoms with E-state index in [-0.39, 0.29) is 5.57 Å². The summed E-state index contributed by atoms with van der Waals surface area (Å²) in [7, 11) is 0. The molecule has 12 heavy (non-hydrogen) atoms. The molecule has 0 aromatic heterocycles. The number of carboxylic acids is 1. The number of aliphatic carboxylic acids is 1. The Labute approximate surface area is 72.9 Å². The van der Waals surface area contributed by atoms with Crippen molar-refractivity contribution in [1.82, 2.24) is 0 Å². The van der Waals surface area contributed by atoms with Gasteiger partial charge < -0.3 is 5.11 Å². The standard InChI is InChI=1S/C10H14O2/c1-4-9(5-2)7-6-8(3)10(11)12/h4,6-7H,3,5H2,1-2H3,(H,11,12). The summed E-state index contributed by atoms with van der Waals surface area (Å²) in [5.74, 6) is -0.974. The van der Waals surface area contributed by atoms with Crippen LogP contribution in [0.4, 0.5) is 0 Å². The molecule has 0 aromatic rings. The molecule has 0 aliphatic rings. The number of hydrogen-bond donors (Lipinski definition) is 1. The topological polar surface area (TPSA) is 37.3 Å². The van der Waals surface area contributed by atoms with Crippen LogP contribution in [-0.4, -0.2) is 11.1 Å². The fraction of sp³-hybridized carbons (Fsp3) is 0.300. The summed E-state index contributed by atoms with van der Waals surface area (Å²) in [6.45, 7) is 7.32. The Hall–Kier alpha value is -1.31. The minimum atomic E-state index is -0.974. The van der Waals surface area contributed by atoms with Gasteiger partial charge in [0.2, 0.25) is 0 Å². The van der Waals surface area contributed by atoms with Gasteiger partial charge in [-0.1, -0.05) is 31.2 Å². The highest BCUT2D eigenvalue weighted by Gasteiger charge is 1.97. The Bertz CT molecular complexity index is 230. The lowest BCUT2D eigenvalue weighted by Crippen LogP contribution is -1.94. The molecule has 0 aliphatic heterocycles. The number of hydrogen-bond acceptors (Lipinski definition) is 1.